The normalized spacial score (nSPS) is 10.8. The first-order valence-electron chi connectivity index (χ1n) is 6.64. The third-order valence-corrected chi connectivity index (χ3v) is 3.89. The Balaban J connectivity index is 1.79. The third kappa shape index (κ3) is 3.09. The Morgan fingerprint density at radius 2 is 2.05 bits per heavy atom. The van der Waals surface area contributed by atoms with Crippen molar-refractivity contribution in [2.75, 3.05) is 17.3 Å². The monoisotopic (exact) mass is 300 g/mol. The van der Waals surface area contributed by atoms with E-state index in [9.17, 15) is 0 Å². The van der Waals surface area contributed by atoms with Gasteiger partial charge < -0.3 is 5.32 Å². The molecule has 6 nitrogen and oxygen atoms in total. The maximum atomic E-state index is 5.42. The summed E-state index contributed by atoms with van der Waals surface area (Å²) in [5, 5.41) is 7.49. The van der Waals surface area contributed by atoms with Crippen molar-refractivity contribution >= 4 is 34.0 Å². The SMILES string of the molecule is Cc1nc(CCNc2nc(NN)nc3ccccc23)cs1. The van der Waals surface area contributed by atoms with Crippen LogP contribution in [0.5, 0.6) is 0 Å². The molecule has 0 radical (unpaired) electrons. The standard InChI is InChI=1S/C14H16N6S/c1-9-17-10(8-21-9)6-7-16-13-11-4-2-3-5-12(11)18-14(19-13)20-15/h2-5,8H,6-7,15H2,1H3,(H2,16,18,19,20). The number of rotatable bonds is 5. The Bertz CT molecular complexity index is 754. The van der Waals surface area contributed by atoms with Gasteiger partial charge in [0.1, 0.15) is 5.82 Å². The van der Waals surface area contributed by atoms with Crippen LogP contribution >= 0.6 is 11.3 Å². The van der Waals surface area contributed by atoms with Crippen molar-refractivity contribution in [1.29, 1.82) is 0 Å². The van der Waals surface area contributed by atoms with Gasteiger partial charge in [0.15, 0.2) is 0 Å². The van der Waals surface area contributed by atoms with Crippen molar-refractivity contribution in [2.45, 2.75) is 13.3 Å². The number of nitrogens with two attached hydrogens (primary N) is 1. The summed E-state index contributed by atoms with van der Waals surface area (Å²) in [7, 11) is 0. The van der Waals surface area contributed by atoms with Crippen LogP contribution in [0.3, 0.4) is 0 Å². The van der Waals surface area contributed by atoms with Crippen molar-refractivity contribution in [3.63, 3.8) is 0 Å². The molecule has 0 aliphatic carbocycles. The van der Waals surface area contributed by atoms with Crippen LogP contribution in [0.15, 0.2) is 29.6 Å². The van der Waals surface area contributed by atoms with Crippen LogP contribution in [0, 0.1) is 6.92 Å². The van der Waals surface area contributed by atoms with Gasteiger partial charge in [-0.3, -0.25) is 5.43 Å². The van der Waals surface area contributed by atoms with Gasteiger partial charge >= 0.3 is 0 Å². The van der Waals surface area contributed by atoms with E-state index in [1.54, 1.807) is 11.3 Å². The number of anilines is 2. The van der Waals surface area contributed by atoms with E-state index in [0.29, 0.717) is 5.95 Å². The Hall–Kier alpha value is -2.25. The van der Waals surface area contributed by atoms with Gasteiger partial charge in [-0.15, -0.1) is 11.3 Å². The molecule has 0 fully saturated rings. The molecule has 0 aliphatic rings. The number of fused-ring (bicyclic) bond motifs is 1. The molecule has 0 atom stereocenters. The second-order valence-electron chi connectivity index (χ2n) is 4.59. The molecule has 4 N–H and O–H groups in total. The fourth-order valence-corrected chi connectivity index (χ4v) is 2.76. The molecule has 0 spiro atoms. The predicted octanol–water partition coefficient (Wildman–Crippen LogP) is 2.33. The number of nitrogens with one attached hydrogen (secondary N) is 2. The number of aryl methyl sites for hydroxylation is 1. The highest BCUT2D eigenvalue weighted by Crippen LogP contribution is 2.21. The maximum Gasteiger partial charge on any atom is 0.239 e. The number of hydrogen-bond acceptors (Lipinski definition) is 7. The fraction of sp³-hybridized carbons (Fsp3) is 0.214. The summed E-state index contributed by atoms with van der Waals surface area (Å²) in [4.78, 5) is 13.2. The number of nitrogens with zero attached hydrogens (tertiary/aromatic N) is 3. The van der Waals surface area contributed by atoms with E-state index in [-0.39, 0.29) is 0 Å². The van der Waals surface area contributed by atoms with Crippen LogP contribution in [0.1, 0.15) is 10.7 Å². The average Bonchev–Trinajstić information content (AvgIpc) is 2.92. The van der Waals surface area contributed by atoms with Crippen molar-refractivity contribution in [3.8, 4) is 0 Å². The Morgan fingerprint density at radius 3 is 2.81 bits per heavy atom. The van der Waals surface area contributed by atoms with E-state index in [1.165, 1.54) is 0 Å². The Labute approximate surface area is 126 Å². The highest BCUT2D eigenvalue weighted by molar-refractivity contribution is 7.09. The average molecular weight is 300 g/mol. The first-order chi connectivity index (χ1) is 10.3. The van der Waals surface area contributed by atoms with Crippen LogP contribution in [-0.2, 0) is 6.42 Å². The molecule has 0 saturated carbocycles. The molecule has 0 aliphatic heterocycles. The van der Waals surface area contributed by atoms with Crippen molar-refractivity contribution in [2.24, 2.45) is 5.84 Å². The number of benzene rings is 1. The molecule has 0 bridgehead atoms. The minimum Gasteiger partial charge on any atom is -0.369 e. The van der Waals surface area contributed by atoms with Crippen LogP contribution in [0.4, 0.5) is 11.8 Å². The molecule has 3 aromatic rings. The smallest absolute Gasteiger partial charge is 0.239 e. The number of para-hydroxylation sites is 1. The highest BCUT2D eigenvalue weighted by Gasteiger charge is 2.06. The first kappa shape index (κ1) is 13.7. The minimum absolute atomic E-state index is 0.403. The largest absolute Gasteiger partial charge is 0.369 e. The van der Waals surface area contributed by atoms with E-state index in [0.717, 1.165) is 40.4 Å². The molecule has 21 heavy (non-hydrogen) atoms. The number of aromatic nitrogens is 3. The molecule has 0 saturated heterocycles. The van der Waals surface area contributed by atoms with Crippen LogP contribution in [0.25, 0.3) is 10.9 Å². The van der Waals surface area contributed by atoms with Gasteiger partial charge in [0.05, 0.1) is 16.2 Å². The lowest BCUT2D eigenvalue weighted by molar-refractivity contribution is 0.960. The zero-order valence-electron chi connectivity index (χ0n) is 11.6. The van der Waals surface area contributed by atoms with Crippen LogP contribution in [0.2, 0.25) is 0 Å². The van der Waals surface area contributed by atoms with E-state index in [1.807, 2.05) is 31.2 Å². The van der Waals surface area contributed by atoms with Crippen molar-refractivity contribution in [1.82, 2.24) is 15.0 Å². The van der Waals surface area contributed by atoms with E-state index >= 15 is 0 Å². The second-order valence-corrected chi connectivity index (χ2v) is 5.65. The molecule has 7 heteroatoms. The number of thiazole rings is 1. The quantitative estimate of drug-likeness (QED) is 0.495. The molecule has 3 rings (SSSR count). The van der Waals surface area contributed by atoms with Gasteiger partial charge in [-0.1, -0.05) is 12.1 Å². The molecule has 2 heterocycles. The molecule has 0 unspecified atom stereocenters. The van der Waals surface area contributed by atoms with E-state index < -0.39 is 0 Å². The molecule has 1 aromatic carbocycles. The Kier molecular flexibility index (Phi) is 3.94. The summed E-state index contributed by atoms with van der Waals surface area (Å²) >= 11 is 1.67. The van der Waals surface area contributed by atoms with Gasteiger partial charge in [0, 0.05) is 23.7 Å². The summed E-state index contributed by atoms with van der Waals surface area (Å²) < 4.78 is 0. The lowest BCUT2D eigenvalue weighted by Gasteiger charge is -2.09. The number of nitrogen functional groups attached to an aromatic ring is 1. The zero-order valence-corrected chi connectivity index (χ0v) is 12.4. The second kappa shape index (κ2) is 6.02. The number of hydrogen-bond donors (Lipinski definition) is 3. The van der Waals surface area contributed by atoms with Gasteiger partial charge in [-0.2, -0.15) is 4.98 Å². The summed E-state index contributed by atoms with van der Waals surface area (Å²) in [5.74, 6) is 6.60. The minimum atomic E-state index is 0.403. The fourth-order valence-electron chi connectivity index (χ4n) is 2.11. The molecule has 0 amide bonds. The molecular weight excluding hydrogens is 284 g/mol. The highest BCUT2D eigenvalue weighted by atomic mass is 32.1. The van der Waals surface area contributed by atoms with Crippen LogP contribution in [-0.4, -0.2) is 21.5 Å². The van der Waals surface area contributed by atoms with Crippen molar-refractivity contribution in [3.05, 3.63) is 40.3 Å². The summed E-state index contributed by atoms with van der Waals surface area (Å²) in [5.41, 5.74) is 4.45. The summed E-state index contributed by atoms with van der Waals surface area (Å²) in [6, 6.07) is 7.84. The molecule has 2 aromatic heterocycles. The van der Waals surface area contributed by atoms with Crippen molar-refractivity contribution < 1.29 is 0 Å². The van der Waals surface area contributed by atoms with Gasteiger partial charge in [-0.05, 0) is 19.1 Å². The Morgan fingerprint density at radius 1 is 1.19 bits per heavy atom. The summed E-state index contributed by atoms with van der Waals surface area (Å²) in [6.45, 7) is 2.77. The first-order valence-corrected chi connectivity index (χ1v) is 7.52. The van der Waals surface area contributed by atoms with E-state index in [2.05, 4.69) is 31.1 Å². The topological polar surface area (TPSA) is 88.8 Å². The van der Waals surface area contributed by atoms with Gasteiger partial charge in [-0.25, -0.2) is 15.8 Å². The molecule has 108 valence electrons. The molecular formula is C14H16N6S. The summed E-state index contributed by atoms with van der Waals surface area (Å²) in [6.07, 6.45) is 0.855. The van der Waals surface area contributed by atoms with Gasteiger partial charge in [0.2, 0.25) is 5.95 Å². The number of hydrazine groups is 1. The maximum absolute atomic E-state index is 5.42. The lowest BCUT2D eigenvalue weighted by Crippen LogP contribution is -2.13. The van der Waals surface area contributed by atoms with Gasteiger partial charge in [0.25, 0.3) is 0 Å². The third-order valence-electron chi connectivity index (χ3n) is 3.07. The zero-order chi connectivity index (χ0) is 14.7. The van der Waals surface area contributed by atoms with Crippen LogP contribution < -0.4 is 16.6 Å². The lowest BCUT2D eigenvalue weighted by atomic mass is 10.2. The van der Waals surface area contributed by atoms with E-state index in [4.69, 9.17) is 5.84 Å². The predicted molar refractivity (Wildman–Crippen MR) is 86.4 cm³/mol.